The van der Waals surface area contributed by atoms with Crippen molar-refractivity contribution >= 4 is 5.97 Å². The average Bonchev–Trinajstić information content (AvgIpc) is 2.37. The van der Waals surface area contributed by atoms with Gasteiger partial charge in [0, 0.05) is 18.6 Å². The normalized spacial score (nSPS) is 11.3. The fraction of sp³-hybridized carbons (Fsp3) is 0.133. The number of hydrogen-bond donors (Lipinski definition) is 0. The number of benzene rings is 2. The van der Waals surface area contributed by atoms with Crippen molar-refractivity contribution < 1.29 is 27.1 Å². The fourth-order valence-corrected chi connectivity index (χ4v) is 1.80. The molecule has 0 saturated heterocycles. The molecule has 0 amide bonds. The topological polar surface area (TPSA) is 26.3 Å². The quantitative estimate of drug-likeness (QED) is 0.465. The van der Waals surface area contributed by atoms with Crippen LogP contribution in [0.3, 0.4) is 0 Å². The zero-order valence-corrected chi connectivity index (χ0v) is 10.9. The van der Waals surface area contributed by atoms with Gasteiger partial charge in [0.05, 0.1) is 5.56 Å². The fourth-order valence-electron chi connectivity index (χ4n) is 1.80. The summed E-state index contributed by atoms with van der Waals surface area (Å²) < 4.78 is 56.0. The van der Waals surface area contributed by atoms with Crippen molar-refractivity contribution in [2.24, 2.45) is 0 Å². The van der Waals surface area contributed by atoms with Crippen LogP contribution in [0.2, 0.25) is 0 Å². The van der Waals surface area contributed by atoms with Gasteiger partial charge in [-0.25, -0.2) is 4.39 Å². The molecule has 0 aliphatic carbocycles. The number of halogens is 4. The first-order valence-electron chi connectivity index (χ1n) is 5.93. The number of hydrogen-bond acceptors (Lipinski definition) is 2. The molecule has 0 aliphatic rings. The lowest BCUT2D eigenvalue weighted by Crippen LogP contribution is -2.04. The molecule has 21 heavy (non-hydrogen) atoms. The number of esters is 1. The van der Waals surface area contributed by atoms with Gasteiger partial charge in [-0.1, -0.05) is 12.1 Å². The predicted molar refractivity (Wildman–Crippen MR) is 68.1 cm³/mol. The van der Waals surface area contributed by atoms with Crippen LogP contribution in [0, 0.1) is 5.82 Å². The number of rotatable bonds is 2. The van der Waals surface area contributed by atoms with Crippen LogP contribution >= 0.6 is 0 Å². The van der Waals surface area contributed by atoms with Crippen LogP contribution in [0.15, 0.2) is 42.5 Å². The Balaban J connectivity index is 2.32. The number of carbonyl (C=O) groups is 1. The van der Waals surface area contributed by atoms with Crippen LogP contribution in [-0.4, -0.2) is 5.97 Å². The molecular weight excluding hydrogens is 288 g/mol. The summed E-state index contributed by atoms with van der Waals surface area (Å²) >= 11 is 0. The van der Waals surface area contributed by atoms with E-state index in [2.05, 4.69) is 0 Å². The maximum atomic E-state index is 13.9. The number of ether oxygens (including phenoxy) is 1. The summed E-state index contributed by atoms with van der Waals surface area (Å²) in [6.45, 7) is 1.18. The monoisotopic (exact) mass is 298 g/mol. The van der Waals surface area contributed by atoms with E-state index in [1.54, 1.807) is 0 Å². The highest BCUT2D eigenvalue weighted by Gasteiger charge is 2.30. The highest BCUT2D eigenvalue weighted by Crippen LogP contribution is 2.32. The van der Waals surface area contributed by atoms with E-state index in [1.807, 2.05) is 0 Å². The zero-order chi connectivity index (χ0) is 15.6. The van der Waals surface area contributed by atoms with Crippen molar-refractivity contribution in [2.75, 3.05) is 0 Å². The minimum Gasteiger partial charge on any atom is -0.427 e. The Morgan fingerprint density at radius 3 is 2.14 bits per heavy atom. The summed E-state index contributed by atoms with van der Waals surface area (Å²) in [6, 6.07) is 7.87. The molecule has 0 aromatic heterocycles. The summed E-state index contributed by atoms with van der Waals surface area (Å²) in [7, 11) is 0. The molecule has 2 rings (SSSR count). The molecule has 0 atom stereocenters. The van der Waals surface area contributed by atoms with Crippen LogP contribution in [0.4, 0.5) is 17.6 Å². The van der Waals surface area contributed by atoms with Gasteiger partial charge in [0.15, 0.2) is 0 Å². The number of alkyl halides is 3. The summed E-state index contributed by atoms with van der Waals surface area (Å²) in [5, 5.41) is 0. The highest BCUT2D eigenvalue weighted by atomic mass is 19.4. The third kappa shape index (κ3) is 3.59. The second kappa shape index (κ2) is 5.55. The Labute approximate surface area is 118 Å². The molecule has 0 bridgehead atoms. The molecule has 110 valence electrons. The van der Waals surface area contributed by atoms with E-state index in [0.717, 1.165) is 18.2 Å². The predicted octanol–water partition coefficient (Wildman–Crippen LogP) is 4.44. The molecule has 0 heterocycles. The molecule has 0 fully saturated rings. The summed E-state index contributed by atoms with van der Waals surface area (Å²) in [6.07, 6.45) is -4.43. The summed E-state index contributed by atoms with van der Waals surface area (Å²) in [5.41, 5.74) is -0.377. The van der Waals surface area contributed by atoms with Gasteiger partial charge in [-0.3, -0.25) is 4.79 Å². The first kappa shape index (κ1) is 15.0. The first-order valence-corrected chi connectivity index (χ1v) is 5.93. The largest absolute Gasteiger partial charge is 0.427 e. The molecule has 0 N–H and O–H groups in total. The molecule has 0 aliphatic heterocycles. The minimum atomic E-state index is -4.43. The lowest BCUT2D eigenvalue weighted by atomic mass is 10.0. The van der Waals surface area contributed by atoms with Crippen molar-refractivity contribution in [2.45, 2.75) is 13.1 Å². The maximum absolute atomic E-state index is 13.9. The van der Waals surface area contributed by atoms with Crippen LogP contribution in [0.25, 0.3) is 11.1 Å². The van der Waals surface area contributed by atoms with Gasteiger partial charge in [0.25, 0.3) is 0 Å². The van der Waals surface area contributed by atoms with Gasteiger partial charge in [0.2, 0.25) is 0 Å². The molecule has 0 unspecified atom stereocenters. The van der Waals surface area contributed by atoms with Gasteiger partial charge in [-0.2, -0.15) is 13.2 Å². The standard InChI is InChI=1S/C15H10F4O2/c1-9(20)21-12-6-7-13(14(16)8-12)10-2-4-11(5-3-10)15(17,18)19/h2-8H,1H3. The highest BCUT2D eigenvalue weighted by molar-refractivity contribution is 5.70. The Morgan fingerprint density at radius 2 is 1.67 bits per heavy atom. The van der Waals surface area contributed by atoms with Crippen molar-refractivity contribution in [1.29, 1.82) is 0 Å². The maximum Gasteiger partial charge on any atom is 0.416 e. The van der Waals surface area contributed by atoms with Crippen molar-refractivity contribution in [3.8, 4) is 16.9 Å². The lowest BCUT2D eigenvalue weighted by Gasteiger charge is -2.09. The van der Waals surface area contributed by atoms with Crippen molar-refractivity contribution in [1.82, 2.24) is 0 Å². The van der Waals surface area contributed by atoms with Gasteiger partial charge in [0.1, 0.15) is 11.6 Å². The number of carbonyl (C=O) groups excluding carboxylic acids is 1. The second-order valence-electron chi connectivity index (χ2n) is 4.31. The first-order chi connectivity index (χ1) is 9.77. The summed E-state index contributed by atoms with van der Waals surface area (Å²) in [5.74, 6) is -1.24. The molecule has 2 aromatic rings. The van der Waals surface area contributed by atoms with E-state index < -0.39 is 23.5 Å². The van der Waals surface area contributed by atoms with Crippen LogP contribution in [0.5, 0.6) is 5.75 Å². The van der Waals surface area contributed by atoms with Crippen molar-refractivity contribution in [3.05, 3.63) is 53.8 Å². The lowest BCUT2D eigenvalue weighted by molar-refractivity contribution is -0.137. The third-order valence-electron chi connectivity index (χ3n) is 2.73. The van der Waals surface area contributed by atoms with Gasteiger partial charge >= 0.3 is 12.1 Å². The molecule has 2 nitrogen and oxygen atoms in total. The Kier molecular flexibility index (Phi) is 3.97. The summed E-state index contributed by atoms with van der Waals surface area (Å²) in [4.78, 5) is 10.8. The van der Waals surface area contributed by atoms with Crippen LogP contribution < -0.4 is 4.74 Å². The van der Waals surface area contributed by atoms with Gasteiger partial charge in [-0.05, 0) is 29.8 Å². The SMILES string of the molecule is CC(=O)Oc1ccc(-c2ccc(C(F)(F)F)cc2)c(F)c1. The van der Waals surface area contributed by atoms with E-state index in [0.29, 0.717) is 5.56 Å². The van der Waals surface area contributed by atoms with Gasteiger partial charge < -0.3 is 4.74 Å². The Hall–Kier alpha value is -2.37. The Bertz CT molecular complexity index is 660. The molecule has 0 saturated carbocycles. The van der Waals surface area contributed by atoms with Crippen molar-refractivity contribution in [3.63, 3.8) is 0 Å². The van der Waals surface area contributed by atoms with E-state index in [1.165, 1.54) is 31.2 Å². The van der Waals surface area contributed by atoms with E-state index in [9.17, 15) is 22.4 Å². The van der Waals surface area contributed by atoms with Crippen LogP contribution in [0.1, 0.15) is 12.5 Å². The van der Waals surface area contributed by atoms with Gasteiger partial charge in [-0.15, -0.1) is 0 Å². The average molecular weight is 298 g/mol. The molecule has 2 aromatic carbocycles. The van der Waals surface area contributed by atoms with E-state index in [4.69, 9.17) is 4.74 Å². The molecule has 6 heteroatoms. The molecule has 0 radical (unpaired) electrons. The van der Waals surface area contributed by atoms with E-state index in [-0.39, 0.29) is 11.3 Å². The zero-order valence-electron chi connectivity index (χ0n) is 10.9. The second-order valence-corrected chi connectivity index (χ2v) is 4.31. The molecule has 0 spiro atoms. The minimum absolute atomic E-state index is 0.0376. The van der Waals surface area contributed by atoms with Crippen LogP contribution in [-0.2, 0) is 11.0 Å². The Morgan fingerprint density at radius 1 is 1.05 bits per heavy atom. The smallest absolute Gasteiger partial charge is 0.416 e. The third-order valence-corrected chi connectivity index (χ3v) is 2.73. The van der Waals surface area contributed by atoms with E-state index >= 15 is 0 Å². The molecular formula is C15H10F4O2.